The van der Waals surface area contributed by atoms with Crippen molar-refractivity contribution in [3.05, 3.63) is 147 Å². The maximum atomic E-state index is 14.3. The lowest BCUT2D eigenvalue weighted by Gasteiger charge is -2.35. The van der Waals surface area contributed by atoms with Crippen molar-refractivity contribution in [3.8, 4) is 27.4 Å². The smallest absolute Gasteiger partial charge is 0.255 e. The molecule has 2 fully saturated rings. The van der Waals surface area contributed by atoms with E-state index in [1.54, 1.807) is 22.8 Å². The lowest BCUT2D eigenvalue weighted by molar-refractivity contribution is -0.143. The molecule has 19 nitrogen and oxygen atoms in total. The highest BCUT2D eigenvalue weighted by molar-refractivity contribution is 7.13. The molecule has 0 aliphatic carbocycles. The van der Waals surface area contributed by atoms with E-state index in [-0.39, 0.29) is 43.8 Å². The molecule has 6 heterocycles. The van der Waals surface area contributed by atoms with Crippen LogP contribution in [0.2, 0.25) is 5.02 Å². The van der Waals surface area contributed by atoms with E-state index in [0.29, 0.717) is 77.3 Å². The number of carbonyl (C=O) groups is 3. The van der Waals surface area contributed by atoms with Gasteiger partial charge < -0.3 is 54.2 Å². The van der Waals surface area contributed by atoms with Crippen molar-refractivity contribution >= 4 is 57.5 Å². The Morgan fingerprint density at radius 2 is 1.48 bits per heavy atom. The average molecular weight is 1180 g/mol. The third-order valence-electron chi connectivity index (χ3n) is 15.6. The summed E-state index contributed by atoms with van der Waals surface area (Å²) in [5, 5.41) is 18.9. The minimum Gasteiger partial charge on any atom is -0.491 e. The zero-order valence-corrected chi connectivity index (χ0v) is 49.5. The Kier molecular flexibility index (Phi) is 21.0. The van der Waals surface area contributed by atoms with Crippen molar-refractivity contribution in [3.63, 3.8) is 0 Å². The summed E-state index contributed by atoms with van der Waals surface area (Å²) in [6, 6.07) is 30.1. The van der Waals surface area contributed by atoms with Gasteiger partial charge in [-0.05, 0) is 64.9 Å². The number of amides is 3. The summed E-state index contributed by atoms with van der Waals surface area (Å²) in [5.41, 5.74) is 11.0. The minimum absolute atomic E-state index is 0.00228. The molecule has 7 aromatic rings. The Bertz CT molecular complexity index is 3320. The quantitative estimate of drug-likeness (QED) is 0.0329. The number of anilines is 1. The second-order valence-corrected chi connectivity index (χ2v) is 23.0. The number of hydrogen-bond donors (Lipinski definition) is 4. The number of thiazole rings is 1. The Hall–Kier alpha value is -6.85. The molecule has 10 rings (SSSR count). The average Bonchev–Trinajstić information content (AvgIpc) is 4.51. The van der Waals surface area contributed by atoms with Crippen LogP contribution in [0.4, 0.5) is 5.82 Å². The maximum Gasteiger partial charge on any atom is 0.255 e. The molecule has 84 heavy (non-hydrogen) atoms. The molecule has 4 N–H and O–H groups in total. The SMILES string of the molecule is Cc1ncsc1-c1ccc(CNC(=O)[C@@H]2C[C@@H](O)CN2C(=O)[C@H](C(C)C)N2Cc3ccccc3C2=O)c(OCCOCCOCCOCCOCCN2CCN(Cc3ccc(-c4cc5c(NCc6ccccc6Cl)ncnc5[nH]4)cc3)CC2)c1. The van der Waals surface area contributed by atoms with Crippen LogP contribution >= 0.6 is 22.9 Å². The zero-order valence-electron chi connectivity index (χ0n) is 48.0. The fraction of sp³-hybridized carbons (Fsp3) is 0.429. The van der Waals surface area contributed by atoms with Crippen LogP contribution in [-0.4, -0.2) is 179 Å². The number of aliphatic hydroxyl groups is 1. The van der Waals surface area contributed by atoms with Gasteiger partial charge in [-0.25, -0.2) is 15.0 Å². The first-order valence-electron chi connectivity index (χ1n) is 28.9. The summed E-state index contributed by atoms with van der Waals surface area (Å²) in [5.74, 6) is 0.163. The van der Waals surface area contributed by atoms with E-state index in [4.69, 9.17) is 35.3 Å². The van der Waals surface area contributed by atoms with Crippen LogP contribution in [0.5, 0.6) is 5.75 Å². The highest BCUT2D eigenvalue weighted by Crippen LogP contribution is 2.34. The summed E-state index contributed by atoms with van der Waals surface area (Å²) in [4.78, 5) is 67.5. The molecular weight excluding hydrogens is 1110 g/mol. The highest BCUT2D eigenvalue weighted by Gasteiger charge is 2.46. The Morgan fingerprint density at radius 1 is 0.786 bits per heavy atom. The molecule has 0 saturated carbocycles. The molecule has 0 bridgehead atoms. The van der Waals surface area contributed by atoms with Gasteiger partial charge in [0.25, 0.3) is 5.91 Å². The fourth-order valence-corrected chi connectivity index (χ4v) is 12.1. The minimum atomic E-state index is -0.908. The number of fused-ring (bicyclic) bond motifs is 2. The van der Waals surface area contributed by atoms with Gasteiger partial charge in [-0.3, -0.25) is 24.2 Å². The first kappa shape index (κ1) is 60.3. The Morgan fingerprint density at radius 3 is 2.19 bits per heavy atom. The molecule has 0 spiro atoms. The number of halogens is 1. The van der Waals surface area contributed by atoms with Crippen molar-refractivity contribution in [1.29, 1.82) is 0 Å². The molecule has 21 heteroatoms. The third kappa shape index (κ3) is 15.3. The van der Waals surface area contributed by atoms with Crippen LogP contribution < -0.4 is 15.4 Å². The number of piperazine rings is 1. The molecule has 3 aliphatic rings. The standard InChI is InChI=1S/C63H75ClN10O9S/c1-42(2)57(74-38-49-9-4-6-10-51(49)62(74)77)63(78)73-39-50(75)33-55(73)61(76)66-36-48-17-16-46(58-43(3)69-41-84-58)32-56(48)83-31-30-82-29-28-81-27-26-80-25-24-79-23-22-71-18-20-72(21-19-71)37-44-12-14-45(15-13-44)54-34-52-59(67-40-68-60(52)70-54)65-35-47-8-5-7-11-53(47)64/h4-17,32,34,40-42,50,55,57,75H,18-31,33,35-39H2,1-3H3,(H,66,76)(H2,65,67,68,70)/t50-,55+,57+/m1/s1. The van der Waals surface area contributed by atoms with Crippen LogP contribution in [0.15, 0.2) is 109 Å². The van der Waals surface area contributed by atoms with Crippen molar-refractivity contribution in [2.45, 2.75) is 71.6 Å². The number of ether oxygens (including phenoxy) is 5. The van der Waals surface area contributed by atoms with E-state index in [9.17, 15) is 19.5 Å². The van der Waals surface area contributed by atoms with Gasteiger partial charge in [0.15, 0.2) is 0 Å². The number of likely N-dealkylation sites (tertiary alicyclic amines) is 1. The first-order valence-corrected chi connectivity index (χ1v) is 30.2. The molecular formula is C63H75ClN10O9S. The summed E-state index contributed by atoms with van der Waals surface area (Å²) < 4.78 is 29.5. The van der Waals surface area contributed by atoms with Gasteiger partial charge in [-0.1, -0.05) is 98.2 Å². The number of nitrogens with one attached hydrogen (secondary N) is 3. The molecule has 3 amide bonds. The number of aromatic nitrogens is 4. The summed E-state index contributed by atoms with van der Waals surface area (Å²) in [6.45, 7) is 16.5. The molecule has 0 radical (unpaired) electrons. The topological polar surface area (TPSA) is 209 Å². The van der Waals surface area contributed by atoms with E-state index in [1.165, 1.54) is 21.8 Å². The van der Waals surface area contributed by atoms with Crippen molar-refractivity contribution in [1.82, 2.24) is 44.9 Å². The maximum absolute atomic E-state index is 14.3. The van der Waals surface area contributed by atoms with E-state index in [0.717, 1.165) is 105 Å². The summed E-state index contributed by atoms with van der Waals surface area (Å²) in [6.07, 6.45) is 0.781. The number of rotatable bonds is 29. The number of aliphatic hydroxyl groups excluding tert-OH is 1. The monoisotopic (exact) mass is 1180 g/mol. The van der Waals surface area contributed by atoms with Crippen LogP contribution in [0.3, 0.4) is 0 Å². The van der Waals surface area contributed by atoms with Crippen molar-refractivity contribution < 1.29 is 43.2 Å². The van der Waals surface area contributed by atoms with Gasteiger partial charge >= 0.3 is 0 Å². The van der Waals surface area contributed by atoms with Crippen LogP contribution in [-0.2, 0) is 54.7 Å². The molecule has 3 aliphatic heterocycles. The molecule has 2 saturated heterocycles. The number of H-pyrrole nitrogens is 1. The van der Waals surface area contributed by atoms with E-state index in [1.807, 2.05) is 81.4 Å². The number of hydrogen-bond acceptors (Lipinski definition) is 16. The number of aromatic amines is 1. The van der Waals surface area contributed by atoms with Crippen molar-refractivity contribution in [2.75, 3.05) is 104 Å². The van der Waals surface area contributed by atoms with Gasteiger partial charge in [-0.15, -0.1) is 11.3 Å². The largest absolute Gasteiger partial charge is 0.491 e. The van der Waals surface area contributed by atoms with Gasteiger partial charge in [0.1, 0.15) is 42.2 Å². The summed E-state index contributed by atoms with van der Waals surface area (Å²) >= 11 is 7.91. The molecule has 0 unspecified atom stereocenters. The predicted octanol–water partition coefficient (Wildman–Crippen LogP) is 7.84. The van der Waals surface area contributed by atoms with Crippen LogP contribution in [0, 0.1) is 12.8 Å². The van der Waals surface area contributed by atoms with Gasteiger partial charge in [0.2, 0.25) is 11.8 Å². The predicted molar refractivity (Wildman–Crippen MR) is 324 cm³/mol. The van der Waals surface area contributed by atoms with Gasteiger partial charge in [0.05, 0.1) is 80.4 Å². The van der Waals surface area contributed by atoms with Gasteiger partial charge in [0, 0.05) is 93.7 Å². The van der Waals surface area contributed by atoms with Gasteiger partial charge in [-0.2, -0.15) is 0 Å². The van der Waals surface area contributed by atoms with E-state index in [2.05, 4.69) is 70.7 Å². The number of β-amino-alcohol motifs (C(OH)–C–C–N with tert-alkyl or cyclic N) is 1. The highest BCUT2D eigenvalue weighted by atomic mass is 35.5. The number of carbonyl (C=O) groups excluding carboxylic acids is 3. The van der Waals surface area contributed by atoms with Crippen molar-refractivity contribution in [2.24, 2.45) is 5.92 Å². The number of aryl methyl sites for hydroxylation is 1. The first-order chi connectivity index (χ1) is 41.0. The molecule has 4 aromatic carbocycles. The second-order valence-electron chi connectivity index (χ2n) is 21.7. The van der Waals surface area contributed by atoms with E-state index >= 15 is 0 Å². The van der Waals surface area contributed by atoms with Crippen LogP contribution in [0.25, 0.3) is 32.7 Å². The third-order valence-corrected chi connectivity index (χ3v) is 16.9. The molecule has 3 atom stereocenters. The van der Waals surface area contributed by atoms with Crippen LogP contribution in [0.1, 0.15) is 58.6 Å². The normalized spacial score (nSPS) is 16.9. The van der Waals surface area contributed by atoms with E-state index < -0.39 is 24.1 Å². The lowest BCUT2D eigenvalue weighted by Crippen LogP contribution is -2.55. The zero-order chi connectivity index (χ0) is 58.4. The fourth-order valence-electron chi connectivity index (χ4n) is 11.1. The Balaban J connectivity index is 0.576. The lowest BCUT2D eigenvalue weighted by atomic mass is 10.0. The molecule has 444 valence electrons. The molecule has 3 aromatic heterocycles. The Labute approximate surface area is 499 Å². The number of nitrogens with zero attached hydrogens (tertiary/aromatic N) is 7. The number of benzene rings is 4. The summed E-state index contributed by atoms with van der Waals surface area (Å²) in [7, 11) is 0. The second kappa shape index (κ2) is 29.3.